The lowest BCUT2D eigenvalue weighted by Crippen LogP contribution is -2.52. The lowest BCUT2D eigenvalue weighted by atomic mass is 10.0. The first-order chi connectivity index (χ1) is 20.2. The molecule has 43 heavy (non-hydrogen) atoms. The second kappa shape index (κ2) is 11.8. The summed E-state index contributed by atoms with van der Waals surface area (Å²) in [4.78, 5) is 40.7. The molecule has 2 atom stereocenters. The molecule has 15 heteroatoms. The average Bonchev–Trinajstić information content (AvgIpc) is 3.60. The van der Waals surface area contributed by atoms with Crippen LogP contribution in [0.3, 0.4) is 0 Å². The van der Waals surface area contributed by atoms with E-state index < -0.39 is 45.5 Å². The number of amides is 2. The first-order valence-electron chi connectivity index (χ1n) is 13.4. The number of carbonyl (C=O) groups excluding carboxylic acids is 2. The summed E-state index contributed by atoms with van der Waals surface area (Å²) in [6.45, 7) is 5.44. The van der Waals surface area contributed by atoms with Gasteiger partial charge in [-0.25, -0.2) is 27.6 Å². The number of hydrogen-bond donors (Lipinski definition) is 2. The smallest absolute Gasteiger partial charge is 0.410 e. The van der Waals surface area contributed by atoms with Crippen molar-refractivity contribution in [3.8, 4) is 0 Å². The number of ether oxygens (including phenoxy) is 1. The number of rotatable bonds is 7. The highest BCUT2D eigenvalue weighted by atomic mass is 35.5. The fraction of sp³-hybridized carbons (Fsp3) is 0.357. The van der Waals surface area contributed by atoms with Crippen LogP contribution in [0, 0.1) is 5.82 Å². The van der Waals surface area contributed by atoms with Crippen LogP contribution in [0.25, 0.3) is 10.2 Å². The van der Waals surface area contributed by atoms with Gasteiger partial charge in [0.25, 0.3) is 10.0 Å². The van der Waals surface area contributed by atoms with Gasteiger partial charge in [-0.3, -0.25) is 9.69 Å². The molecule has 5 rings (SSSR count). The summed E-state index contributed by atoms with van der Waals surface area (Å²) in [6.07, 6.45) is 3.18. The minimum absolute atomic E-state index is 0.00327. The predicted octanol–water partition coefficient (Wildman–Crippen LogP) is 5.24. The van der Waals surface area contributed by atoms with Crippen LogP contribution in [0.5, 0.6) is 0 Å². The number of nitrogens with zero attached hydrogens (tertiary/aromatic N) is 4. The summed E-state index contributed by atoms with van der Waals surface area (Å²) >= 11 is 6.87. The molecule has 1 aliphatic rings. The molecule has 11 nitrogen and oxygen atoms in total. The van der Waals surface area contributed by atoms with E-state index in [-0.39, 0.29) is 28.0 Å². The Hall–Kier alpha value is -3.59. The summed E-state index contributed by atoms with van der Waals surface area (Å²) in [5.74, 6) is -0.893. The molecule has 3 aromatic heterocycles. The van der Waals surface area contributed by atoms with E-state index in [1.54, 1.807) is 45.2 Å². The molecule has 0 bridgehead atoms. The number of imidazole rings is 1. The maximum Gasteiger partial charge on any atom is 0.410 e. The number of anilines is 1. The quantitative estimate of drug-likeness (QED) is 0.261. The van der Waals surface area contributed by atoms with Gasteiger partial charge in [-0.2, -0.15) is 4.72 Å². The van der Waals surface area contributed by atoms with Crippen molar-refractivity contribution in [2.45, 2.75) is 55.5 Å². The third kappa shape index (κ3) is 6.66. The average molecular weight is 649 g/mol. The van der Waals surface area contributed by atoms with Crippen molar-refractivity contribution in [1.29, 1.82) is 0 Å². The van der Waals surface area contributed by atoms with Gasteiger partial charge in [0.15, 0.2) is 0 Å². The number of aromatic amines is 1. The monoisotopic (exact) mass is 648 g/mol. The van der Waals surface area contributed by atoms with Crippen LogP contribution in [0.1, 0.15) is 51.0 Å². The van der Waals surface area contributed by atoms with E-state index in [1.165, 1.54) is 41.2 Å². The molecular weight excluding hydrogens is 619 g/mol. The fourth-order valence-electron chi connectivity index (χ4n) is 4.82. The number of fused-ring (bicyclic) bond motifs is 1. The van der Waals surface area contributed by atoms with Crippen LogP contribution < -0.4 is 9.62 Å². The van der Waals surface area contributed by atoms with E-state index in [9.17, 15) is 18.0 Å². The van der Waals surface area contributed by atoms with Gasteiger partial charge < -0.3 is 14.6 Å². The molecular formula is C28H30ClFN6O5S2. The Balaban J connectivity index is 1.38. The number of carbonyl (C=O) groups is 2. The number of nitrogens with one attached hydrogen (secondary N) is 2. The SMILES string of the molecule is CN(C(=O)OC(C)(C)C)C(c1ccc(N2CCCC(NS(=O)(=O)c3cc4ccc(Cl)nc4s3)C2=O)c(F)c1)c1ncc[nH]1. The second-order valence-electron chi connectivity index (χ2n) is 11.1. The third-order valence-electron chi connectivity index (χ3n) is 6.75. The Morgan fingerprint density at radius 3 is 2.72 bits per heavy atom. The molecule has 4 heterocycles. The minimum Gasteiger partial charge on any atom is -0.444 e. The topological polar surface area (TPSA) is 138 Å². The van der Waals surface area contributed by atoms with Crippen molar-refractivity contribution in [3.63, 3.8) is 0 Å². The van der Waals surface area contributed by atoms with Crippen molar-refractivity contribution < 1.29 is 27.1 Å². The van der Waals surface area contributed by atoms with Crippen LogP contribution in [0.4, 0.5) is 14.9 Å². The van der Waals surface area contributed by atoms with Gasteiger partial charge in [-0.1, -0.05) is 17.7 Å². The second-order valence-corrected chi connectivity index (χ2v) is 14.4. The highest BCUT2D eigenvalue weighted by Crippen LogP contribution is 2.33. The summed E-state index contributed by atoms with van der Waals surface area (Å²) in [7, 11) is -2.55. The van der Waals surface area contributed by atoms with Gasteiger partial charge in [0, 0.05) is 31.4 Å². The van der Waals surface area contributed by atoms with Gasteiger partial charge >= 0.3 is 6.09 Å². The fourth-order valence-corrected chi connectivity index (χ4v) is 7.59. The van der Waals surface area contributed by atoms with Gasteiger partial charge in [0.05, 0.1) is 5.69 Å². The Labute approximate surface area is 257 Å². The van der Waals surface area contributed by atoms with E-state index in [0.29, 0.717) is 28.0 Å². The van der Waals surface area contributed by atoms with Crippen LogP contribution in [0.15, 0.2) is 53.0 Å². The number of benzene rings is 1. The number of aromatic nitrogens is 3. The lowest BCUT2D eigenvalue weighted by molar-refractivity contribution is -0.121. The van der Waals surface area contributed by atoms with Crippen LogP contribution in [-0.4, -0.2) is 65.5 Å². The maximum absolute atomic E-state index is 15.7. The van der Waals surface area contributed by atoms with Crippen molar-refractivity contribution >= 4 is 60.9 Å². The largest absolute Gasteiger partial charge is 0.444 e. The number of H-pyrrole nitrogens is 1. The molecule has 2 unspecified atom stereocenters. The third-order valence-corrected chi connectivity index (χ3v) is 9.95. The molecule has 1 aromatic carbocycles. The highest BCUT2D eigenvalue weighted by Gasteiger charge is 2.36. The van der Waals surface area contributed by atoms with Crippen LogP contribution in [-0.2, 0) is 19.6 Å². The lowest BCUT2D eigenvalue weighted by Gasteiger charge is -2.33. The van der Waals surface area contributed by atoms with E-state index in [0.717, 1.165) is 11.3 Å². The van der Waals surface area contributed by atoms with Gasteiger partial charge in [-0.15, -0.1) is 11.3 Å². The highest BCUT2D eigenvalue weighted by molar-refractivity contribution is 7.91. The Kier molecular flexibility index (Phi) is 8.49. The molecule has 2 amide bonds. The van der Waals surface area contributed by atoms with E-state index in [2.05, 4.69) is 19.7 Å². The Morgan fingerprint density at radius 1 is 1.28 bits per heavy atom. The summed E-state index contributed by atoms with van der Waals surface area (Å²) in [5, 5.41) is 0.850. The van der Waals surface area contributed by atoms with Crippen molar-refractivity contribution in [1.82, 2.24) is 24.6 Å². The van der Waals surface area contributed by atoms with Crippen molar-refractivity contribution in [2.24, 2.45) is 0 Å². The molecule has 1 fully saturated rings. The standard InChI is InChI=1S/C28H30ClFN6O5S2/c1-28(2,3)41-27(38)35(4)23(24-31-11-12-32-24)16-7-9-20(18(30)14-16)36-13-5-6-19(26(36)37)34-43(39,40)22-15-17-8-10-21(29)33-25(17)42-22/h7-12,14-15,19,23,34H,5-6,13H2,1-4H3,(H,31,32). The molecule has 1 saturated heterocycles. The Morgan fingerprint density at radius 2 is 2.05 bits per heavy atom. The summed E-state index contributed by atoms with van der Waals surface area (Å²) in [6, 6.07) is 7.09. The van der Waals surface area contributed by atoms with Crippen LogP contribution >= 0.6 is 22.9 Å². The van der Waals surface area contributed by atoms with Gasteiger partial charge in [0.1, 0.15) is 43.5 Å². The van der Waals surface area contributed by atoms with Gasteiger partial charge in [-0.05, 0) is 69.5 Å². The van der Waals surface area contributed by atoms with E-state index in [1.807, 2.05) is 0 Å². The van der Waals surface area contributed by atoms with Crippen molar-refractivity contribution in [3.05, 3.63) is 71.2 Å². The molecule has 4 aromatic rings. The number of piperidine rings is 1. The molecule has 2 N–H and O–H groups in total. The van der Waals surface area contributed by atoms with Crippen LogP contribution in [0.2, 0.25) is 5.15 Å². The molecule has 228 valence electrons. The Bertz CT molecular complexity index is 1770. The predicted molar refractivity (Wildman–Crippen MR) is 161 cm³/mol. The first kappa shape index (κ1) is 30.9. The number of sulfonamides is 1. The number of thiophene rings is 1. The number of hydrogen-bond acceptors (Lipinski definition) is 8. The van der Waals surface area contributed by atoms with E-state index in [4.69, 9.17) is 16.3 Å². The maximum atomic E-state index is 15.7. The number of pyridine rings is 1. The summed E-state index contributed by atoms with van der Waals surface area (Å²) in [5.41, 5.74) is -0.358. The number of halogens is 2. The minimum atomic E-state index is -4.07. The zero-order chi connectivity index (χ0) is 31.1. The molecule has 0 radical (unpaired) electrons. The van der Waals surface area contributed by atoms with Gasteiger partial charge in [0.2, 0.25) is 5.91 Å². The zero-order valence-electron chi connectivity index (χ0n) is 23.8. The molecule has 0 saturated carbocycles. The molecule has 0 spiro atoms. The summed E-state index contributed by atoms with van der Waals surface area (Å²) < 4.78 is 50.1. The zero-order valence-corrected chi connectivity index (χ0v) is 26.2. The normalized spacial score (nSPS) is 16.8. The van der Waals surface area contributed by atoms with Crippen molar-refractivity contribution in [2.75, 3.05) is 18.5 Å². The molecule has 0 aliphatic carbocycles. The first-order valence-corrected chi connectivity index (χ1v) is 16.1. The molecule has 1 aliphatic heterocycles. The van der Waals surface area contributed by atoms with E-state index >= 15 is 4.39 Å².